The number of hydrogen-bond acceptors (Lipinski definition) is 10. The van der Waals surface area contributed by atoms with Crippen molar-refractivity contribution in [3.05, 3.63) is 60.7 Å². The first-order valence-corrected chi connectivity index (χ1v) is 18.6. The number of rotatable bonds is 10. The van der Waals surface area contributed by atoms with Gasteiger partial charge in [-0.2, -0.15) is 5.10 Å². The number of hydrogen-bond donors (Lipinski definition) is 1. The van der Waals surface area contributed by atoms with E-state index in [0.29, 0.717) is 30.4 Å². The van der Waals surface area contributed by atoms with Gasteiger partial charge in [-0.25, -0.2) is 4.98 Å². The summed E-state index contributed by atoms with van der Waals surface area (Å²) >= 11 is 0. The van der Waals surface area contributed by atoms with Gasteiger partial charge in [-0.3, -0.25) is 4.98 Å². The lowest BCUT2D eigenvalue weighted by Gasteiger charge is -2.43. The van der Waals surface area contributed by atoms with Crippen LogP contribution in [0.15, 0.2) is 55.0 Å². The highest BCUT2D eigenvalue weighted by Crippen LogP contribution is 2.39. The van der Waals surface area contributed by atoms with Crippen molar-refractivity contribution in [2.45, 2.75) is 88.9 Å². The molecule has 3 aromatic rings. The van der Waals surface area contributed by atoms with Crippen molar-refractivity contribution >= 4 is 31.6 Å². The molecule has 3 aliphatic rings. The van der Waals surface area contributed by atoms with Gasteiger partial charge in [0.25, 0.3) is 0 Å². The molecule has 0 amide bonds. The van der Waals surface area contributed by atoms with E-state index >= 15 is 0 Å². The van der Waals surface area contributed by atoms with E-state index in [0.717, 1.165) is 55.9 Å². The summed E-state index contributed by atoms with van der Waals surface area (Å²) in [5.74, 6) is 1.94. The summed E-state index contributed by atoms with van der Waals surface area (Å²) in [6.07, 6.45) is 13.6. The van der Waals surface area contributed by atoms with Crippen molar-refractivity contribution in [2.75, 3.05) is 35.2 Å². The van der Waals surface area contributed by atoms with E-state index in [1.807, 2.05) is 36.5 Å². The first-order chi connectivity index (χ1) is 21.1. The number of fused-ring (bicyclic) bond motifs is 2. The molecule has 6 rings (SSSR count). The Balaban J connectivity index is 0.964. The fourth-order valence-corrected chi connectivity index (χ4v) is 6.97. The zero-order chi connectivity index (χ0) is 30.9. The third-order valence-corrected chi connectivity index (χ3v) is 14.1. The predicted molar refractivity (Wildman–Crippen MR) is 177 cm³/mol. The van der Waals surface area contributed by atoms with Crippen LogP contribution in [-0.4, -0.2) is 72.5 Å². The van der Waals surface area contributed by atoms with Gasteiger partial charge in [0, 0.05) is 56.0 Å². The highest BCUT2D eigenvalue weighted by Gasteiger charge is 2.41. The molecule has 0 aromatic carbocycles. The topological polar surface area (TPSA) is 112 Å². The van der Waals surface area contributed by atoms with E-state index in [1.165, 1.54) is 5.69 Å². The monoisotopic (exact) mass is 615 g/mol. The zero-order valence-corrected chi connectivity index (χ0v) is 27.5. The Labute approximate surface area is 261 Å². The van der Waals surface area contributed by atoms with Crippen molar-refractivity contribution in [3.63, 3.8) is 0 Å². The number of anilines is 3. The predicted octanol–water partition coefficient (Wildman–Crippen LogP) is 5.73. The lowest BCUT2D eigenvalue weighted by Crippen LogP contribution is -2.54. The van der Waals surface area contributed by atoms with Gasteiger partial charge in [0.1, 0.15) is 18.0 Å². The molecule has 2 aliphatic heterocycles. The standard InChI is InChI=1S/C33H45N7O3Si/c1-33(2,3)44(4,5)41-16-6-7-23-8-11-27(20-36-23)42-28-18-29(19-28)43-31-17-24(12-14-35-31)40-25-9-10-26(40)22-39(21-25)30-13-15-37-38-32(30)34/h6-8,11-15,17,20,25-26,28-29H,9-10,16,18-19,21-22H2,1-5H3,(H2,34,38)/b7-6+. The van der Waals surface area contributed by atoms with Crippen LogP contribution in [0.4, 0.5) is 17.2 Å². The van der Waals surface area contributed by atoms with Crippen LogP contribution in [0, 0.1) is 0 Å². The maximum absolute atomic E-state index is 6.27. The molecule has 3 aromatic heterocycles. The van der Waals surface area contributed by atoms with Crippen LogP contribution in [0.2, 0.25) is 18.1 Å². The molecule has 3 fully saturated rings. The van der Waals surface area contributed by atoms with Gasteiger partial charge in [0.05, 0.1) is 30.4 Å². The van der Waals surface area contributed by atoms with E-state index in [2.05, 4.69) is 76.0 Å². The third-order valence-electron chi connectivity index (χ3n) is 9.60. The van der Waals surface area contributed by atoms with Crippen LogP contribution in [0.25, 0.3) is 6.08 Å². The maximum atomic E-state index is 6.27. The quantitative estimate of drug-likeness (QED) is 0.284. The number of aromatic nitrogens is 4. The SMILES string of the molecule is CC(C)(C)[Si](C)(C)OC/C=C/c1ccc(OC2CC(Oc3cc(N4C5CCC4CN(c4ccnnc4N)C5)ccn3)C2)cn1. The van der Waals surface area contributed by atoms with Gasteiger partial charge >= 0.3 is 0 Å². The third kappa shape index (κ3) is 6.68. The van der Waals surface area contributed by atoms with Crippen LogP contribution in [-0.2, 0) is 4.43 Å². The minimum atomic E-state index is -1.74. The number of ether oxygens (including phenoxy) is 2. The molecule has 1 saturated carbocycles. The molecule has 1 aliphatic carbocycles. The Hall–Kier alpha value is -3.70. The molecule has 2 bridgehead atoms. The molecule has 44 heavy (non-hydrogen) atoms. The highest BCUT2D eigenvalue weighted by molar-refractivity contribution is 6.74. The molecular formula is C33H45N7O3Si. The minimum absolute atomic E-state index is 0.0922. The second-order valence-electron chi connectivity index (χ2n) is 13.7. The van der Waals surface area contributed by atoms with E-state index in [9.17, 15) is 0 Å². The zero-order valence-electron chi connectivity index (χ0n) is 26.5. The first kappa shape index (κ1) is 30.3. The maximum Gasteiger partial charge on any atom is 0.215 e. The highest BCUT2D eigenvalue weighted by atomic mass is 28.4. The van der Waals surface area contributed by atoms with Gasteiger partial charge in [0.2, 0.25) is 5.88 Å². The molecule has 2 atom stereocenters. The van der Waals surface area contributed by atoms with Crippen molar-refractivity contribution in [1.82, 2.24) is 20.2 Å². The summed E-state index contributed by atoms with van der Waals surface area (Å²) in [6, 6.07) is 10.9. The Morgan fingerprint density at radius 2 is 1.73 bits per heavy atom. The van der Waals surface area contributed by atoms with Crippen LogP contribution in [0.3, 0.4) is 0 Å². The molecule has 5 heterocycles. The Morgan fingerprint density at radius 3 is 2.41 bits per heavy atom. The van der Waals surface area contributed by atoms with Gasteiger partial charge in [0.15, 0.2) is 14.1 Å². The number of piperazine rings is 1. The molecule has 2 unspecified atom stereocenters. The van der Waals surface area contributed by atoms with Crippen LogP contribution in [0.1, 0.15) is 52.1 Å². The summed E-state index contributed by atoms with van der Waals surface area (Å²) in [5, 5.41) is 8.15. The van der Waals surface area contributed by atoms with E-state index < -0.39 is 8.32 Å². The molecule has 10 nitrogen and oxygen atoms in total. The van der Waals surface area contributed by atoms with E-state index in [4.69, 9.17) is 19.6 Å². The fraction of sp³-hybridized carbons (Fsp3) is 0.515. The Bertz CT molecular complexity index is 1440. The average molecular weight is 616 g/mol. The summed E-state index contributed by atoms with van der Waals surface area (Å²) in [6.45, 7) is 13.7. The Morgan fingerprint density at radius 1 is 0.977 bits per heavy atom. The van der Waals surface area contributed by atoms with Gasteiger partial charge in [-0.05, 0) is 61.3 Å². The lowest BCUT2D eigenvalue weighted by molar-refractivity contribution is 0.00210. The number of nitrogens with two attached hydrogens (primary N) is 1. The van der Waals surface area contributed by atoms with Gasteiger partial charge in [-0.15, -0.1) is 5.10 Å². The largest absolute Gasteiger partial charge is 0.489 e. The molecule has 0 radical (unpaired) electrons. The fourth-order valence-electron chi connectivity index (χ4n) is 6.02. The molecule has 2 saturated heterocycles. The van der Waals surface area contributed by atoms with Crippen molar-refractivity contribution < 1.29 is 13.9 Å². The Kier molecular flexibility index (Phi) is 8.52. The van der Waals surface area contributed by atoms with Crippen molar-refractivity contribution in [2.24, 2.45) is 0 Å². The molecule has 2 N–H and O–H groups in total. The molecular weight excluding hydrogens is 570 g/mol. The summed E-state index contributed by atoms with van der Waals surface area (Å²) in [4.78, 5) is 13.9. The van der Waals surface area contributed by atoms with E-state index in [-0.39, 0.29) is 17.2 Å². The second kappa shape index (κ2) is 12.4. The smallest absolute Gasteiger partial charge is 0.215 e. The van der Waals surface area contributed by atoms with Crippen molar-refractivity contribution in [1.29, 1.82) is 0 Å². The summed E-state index contributed by atoms with van der Waals surface area (Å²) < 4.78 is 18.6. The van der Waals surface area contributed by atoms with Crippen LogP contribution >= 0.6 is 0 Å². The van der Waals surface area contributed by atoms with Crippen LogP contribution in [0.5, 0.6) is 11.6 Å². The number of nitrogen functional groups attached to an aromatic ring is 1. The van der Waals surface area contributed by atoms with Gasteiger partial charge < -0.3 is 29.4 Å². The molecule has 11 heteroatoms. The van der Waals surface area contributed by atoms with Gasteiger partial charge in [-0.1, -0.05) is 26.8 Å². The molecule has 234 valence electrons. The normalized spacial score (nSPS) is 23.6. The first-order valence-electron chi connectivity index (χ1n) is 15.7. The number of nitrogens with zero attached hydrogens (tertiary/aromatic N) is 6. The summed E-state index contributed by atoms with van der Waals surface area (Å²) in [5.41, 5.74) is 9.16. The van der Waals surface area contributed by atoms with Crippen LogP contribution < -0.4 is 25.0 Å². The molecule has 0 spiro atoms. The minimum Gasteiger partial charge on any atom is -0.489 e. The van der Waals surface area contributed by atoms with E-state index in [1.54, 1.807) is 12.4 Å². The number of pyridine rings is 2. The second-order valence-corrected chi connectivity index (χ2v) is 18.5. The van der Waals surface area contributed by atoms with Crippen molar-refractivity contribution in [3.8, 4) is 11.6 Å². The average Bonchev–Trinajstić information content (AvgIpc) is 3.24. The lowest BCUT2D eigenvalue weighted by atomic mass is 9.92. The summed E-state index contributed by atoms with van der Waals surface area (Å²) in [7, 11) is -1.74.